The highest BCUT2D eigenvalue weighted by atomic mass is 16.4. The quantitative estimate of drug-likeness (QED) is 0.736. The Morgan fingerprint density at radius 1 is 1.56 bits per heavy atom. The Labute approximate surface area is 91.0 Å². The summed E-state index contributed by atoms with van der Waals surface area (Å²) in [4.78, 5) is 30.1. The average molecular weight is 219 g/mol. The molecule has 0 saturated heterocycles. The molecule has 0 atom stereocenters. The van der Waals surface area contributed by atoms with Gasteiger partial charge in [0.25, 0.3) is 0 Å². The minimum Gasteiger partial charge on any atom is -0.478 e. The van der Waals surface area contributed by atoms with E-state index in [0.717, 1.165) is 0 Å². The van der Waals surface area contributed by atoms with Crippen molar-refractivity contribution >= 4 is 17.6 Å². The summed E-state index contributed by atoms with van der Waals surface area (Å²) in [5, 5.41) is 11.4. The van der Waals surface area contributed by atoms with Crippen LogP contribution in [0.3, 0.4) is 0 Å². The van der Waals surface area contributed by atoms with E-state index in [1.54, 1.807) is 13.0 Å². The van der Waals surface area contributed by atoms with Crippen LogP contribution in [-0.4, -0.2) is 27.0 Å². The van der Waals surface area contributed by atoms with Crippen LogP contribution in [0.4, 0.5) is 0 Å². The third-order valence-corrected chi connectivity index (χ3v) is 2.19. The van der Waals surface area contributed by atoms with Crippen molar-refractivity contribution in [1.82, 2.24) is 15.3 Å². The van der Waals surface area contributed by atoms with Gasteiger partial charge in [-0.2, -0.15) is 0 Å². The van der Waals surface area contributed by atoms with Crippen LogP contribution in [0.5, 0.6) is 0 Å². The van der Waals surface area contributed by atoms with Gasteiger partial charge in [0.15, 0.2) is 0 Å². The van der Waals surface area contributed by atoms with Crippen LogP contribution >= 0.6 is 0 Å². The molecule has 16 heavy (non-hydrogen) atoms. The van der Waals surface area contributed by atoms with Crippen LogP contribution in [0.15, 0.2) is 17.8 Å². The Hall–Kier alpha value is -2.24. The molecule has 1 aromatic heterocycles. The minimum absolute atomic E-state index is 0.0445. The summed E-state index contributed by atoms with van der Waals surface area (Å²) < 4.78 is 0. The standard InChI is InChI=1S/C10H9N3O3/c1-5-11-3-2-7(12-5)9-6(10(15)16)4-8(14)13-9/h2-3H,4H2,1H3,(H,13,14)(H,15,16). The second kappa shape index (κ2) is 3.73. The molecule has 82 valence electrons. The summed E-state index contributed by atoms with van der Waals surface area (Å²) in [6, 6.07) is 1.57. The number of hydrogen-bond acceptors (Lipinski definition) is 4. The summed E-state index contributed by atoms with van der Waals surface area (Å²) in [5.74, 6) is -0.913. The smallest absolute Gasteiger partial charge is 0.334 e. The van der Waals surface area contributed by atoms with Gasteiger partial charge in [0.1, 0.15) is 5.82 Å². The zero-order valence-corrected chi connectivity index (χ0v) is 8.52. The van der Waals surface area contributed by atoms with Crippen molar-refractivity contribution in [2.24, 2.45) is 0 Å². The first-order chi connectivity index (χ1) is 7.58. The zero-order chi connectivity index (χ0) is 11.7. The molecule has 6 nitrogen and oxygen atoms in total. The van der Waals surface area contributed by atoms with Gasteiger partial charge in [0, 0.05) is 6.20 Å². The molecule has 1 aromatic rings. The van der Waals surface area contributed by atoms with Gasteiger partial charge >= 0.3 is 5.97 Å². The molecule has 0 saturated carbocycles. The van der Waals surface area contributed by atoms with Crippen molar-refractivity contribution in [2.75, 3.05) is 0 Å². The third kappa shape index (κ3) is 1.77. The molecular weight excluding hydrogens is 210 g/mol. The van der Waals surface area contributed by atoms with Gasteiger partial charge in [-0.3, -0.25) is 4.79 Å². The summed E-state index contributed by atoms with van der Waals surface area (Å²) in [6.07, 6.45) is 1.41. The van der Waals surface area contributed by atoms with Crippen LogP contribution in [0.2, 0.25) is 0 Å². The minimum atomic E-state index is -1.11. The number of carboxylic acids is 1. The van der Waals surface area contributed by atoms with Gasteiger partial charge in [-0.25, -0.2) is 14.8 Å². The number of carbonyl (C=O) groups is 2. The Balaban J connectivity index is 2.49. The summed E-state index contributed by atoms with van der Waals surface area (Å²) in [7, 11) is 0. The van der Waals surface area contributed by atoms with Crippen molar-refractivity contribution in [1.29, 1.82) is 0 Å². The van der Waals surface area contributed by atoms with E-state index in [4.69, 9.17) is 5.11 Å². The molecule has 0 aromatic carbocycles. The molecule has 0 unspecified atom stereocenters. The molecule has 6 heteroatoms. The molecule has 0 aliphatic carbocycles. The van der Waals surface area contributed by atoms with E-state index in [-0.39, 0.29) is 23.6 Å². The predicted molar refractivity (Wildman–Crippen MR) is 54.1 cm³/mol. The lowest BCUT2D eigenvalue weighted by Crippen LogP contribution is -2.15. The largest absolute Gasteiger partial charge is 0.478 e. The number of rotatable bonds is 2. The molecule has 2 heterocycles. The molecule has 2 N–H and O–H groups in total. The van der Waals surface area contributed by atoms with Crippen molar-refractivity contribution in [3.05, 3.63) is 29.4 Å². The Morgan fingerprint density at radius 2 is 2.31 bits per heavy atom. The van der Waals surface area contributed by atoms with E-state index < -0.39 is 5.97 Å². The fourth-order valence-electron chi connectivity index (χ4n) is 1.50. The average Bonchev–Trinajstić information content (AvgIpc) is 2.60. The molecule has 1 amide bonds. The van der Waals surface area contributed by atoms with E-state index in [1.165, 1.54) is 6.20 Å². The fourth-order valence-corrected chi connectivity index (χ4v) is 1.50. The van der Waals surface area contributed by atoms with Gasteiger partial charge in [-0.05, 0) is 13.0 Å². The number of aliphatic carboxylic acids is 1. The number of amides is 1. The van der Waals surface area contributed by atoms with Crippen LogP contribution in [0.25, 0.3) is 5.70 Å². The molecule has 0 fully saturated rings. The van der Waals surface area contributed by atoms with Gasteiger partial charge in [-0.1, -0.05) is 0 Å². The van der Waals surface area contributed by atoms with Crippen LogP contribution < -0.4 is 5.32 Å². The van der Waals surface area contributed by atoms with Gasteiger partial charge in [0.2, 0.25) is 5.91 Å². The lowest BCUT2D eigenvalue weighted by Gasteiger charge is -2.03. The van der Waals surface area contributed by atoms with Crippen LogP contribution in [0, 0.1) is 6.92 Å². The number of hydrogen-bond donors (Lipinski definition) is 2. The van der Waals surface area contributed by atoms with Crippen LogP contribution in [-0.2, 0) is 9.59 Å². The maximum atomic E-state index is 11.2. The van der Waals surface area contributed by atoms with E-state index in [1.807, 2.05) is 0 Å². The van der Waals surface area contributed by atoms with Gasteiger partial charge in [-0.15, -0.1) is 0 Å². The van der Waals surface area contributed by atoms with E-state index in [9.17, 15) is 9.59 Å². The fraction of sp³-hybridized carbons (Fsp3) is 0.200. The maximum absolute atomic E-state index is 11.2. The Kier molecular flexibility index (Phi) is 2.40. The highest BCUT2D eigenvalue weighted by molar-refractivity contribution is 6.08. The zero-order valence-electron chi connectivity index (χ0n) is 8.52. The first-order valence-electron chi connectivity index (χ1n) is 4.64. The number of nitrogens with zero attached hydrogens (tertiary/aromatic N) is 2. The highest BCUT2D eigenvalue weighted by Crippen LogP contribution is 2.22. The molecule has 0 bridgehead atoms. The molecule has 2 rings (SSSR count). The highest BCUT2D eigenvalue weighted by Gasteiger charge is 2.27. The van der Waals surface area contributed by atoms with Crippen molar-refractivity contribution in [3.63, 3.8) is 0 Å². The third-order valence-electron chi connectivity index (χ3n) is 2.19. The summed E-state index contributed by atoms with van der Waals surface area (Å²) in [5.41, 5.74) is 0.738. The SMILES string of the molecule is Cc1nccc(C2=C(C(=O)O)CC(=O)N2)n1. The lowest BCUT2D eigenvalue weighted by atomic mass is 10.1. The second-order valence-electron chi connectivity index (χ2n) is 3.37. The second-order valence-corrected chi connectivity index (χ2v) is 3.37. The van der Waals surface area contributed by atoms with Crippen molar-refractivity contribution < 1.29 is 14.7 Å². The number of nitrogens with one attached hydrogen (secondary N) is 1. The lowest BCUT2D eigenvalue weighted by molar-refractivity contribution is -0.133. The monoisotopic (exact) mass is 219 g/mol. The predicted octanol–water partition coefficient (Wildman–Crippen LogP) is 0.101. The first kappa shape index (κ1) is 10.3. The number of carboxylic acid groups (broad SMARTS) is 1. The number of aryl methyl sites for hydroxylation is 1. The molecule has 0 spiro atoms. The molecule has 1 aliphatic rings. The molecule has 1 aliphatic heterocycles. The molecule has 0 radical (unpaired) electrons. The Bertz CT molecular complexity index is 508. The van der Waals surface area contributed by atoms with Crippen molar-refractivity contribution in [2.45, 2.75) is 13.3 Å². The van der Waals surface area contributed by atoms with Crippen molar-refractivity contribution in [3.8, 4) is 0 Å². The number of aromatic nitrogens is 2. The van der Waals surface area contributed by atoms with E-state index in [2.05, 4.69) is 15.3 Å². The van der Waals surface area contributed by atoms with E-state index in [0.29, 0.717) is 11.5 Å². The normalized spacial score (nSPS) is 15.2. The summed E-state index contributed by atoms with van der Waals surface area (Å²) >= 11 is 0. The maximum Gasteiger partial charge on any atom is 0.334 e. The van der Waals surface area contributed by atoms with Gasteiger partial charge < -0.3 is 10.4 Å². The summed E-state index contributed by atoms with van der Waals surface area (Å²) in [6.45, 7) is 1.70. The van der Waals surface area contributed by atoms with E-state index >= 15 is 0 Å². The Morgan fingerprint density at radius 3 is 2.94 bits per heavy atom. The van der Waals surface area contributed by atoms with Gasteiger partial charge in [0.05, 0.1) is 23.4 Å². The first-order valence-corrected chi connectivity index (χ1v) is 4.64. The number of carbonyl (C=O) groups excluding carboxylic acids is 1. The molecular formula is C10H9N3O3. The van der Waals surface area contributed by atoms with Crippen LogP contribution in [0.1, 0.15) is 17.9 Å². The topological polar surface area (TPSA) is 92.2 Å².